The first-order valence-electron chi connectivity index (χ1n) is 6.29. The summed E-state index contributed by atoms with van der Waals surface area (Å²) in [6, 6.07) is 6.26. The molecular formula is C14H17N3O. The van der Waals surface area contributed by atoms with Gasteiger partial charge in [-0.3, -0.25) is 0 Å². The molecule has 0 amide bonds. The topological polar surface area (TPSA) is 61.0 Å². The van der Waals surface area contributed by atoms with Crippen molar-refractivity contribution in [2.75, 3.05) is 13.7 Å². The number of nitrogens with zero attached hydrogens (tertiary/aromatic N) is 2. The third-order valence-electron chi connectivity index (χ3n) is 4.04. The predicted molar refractivity (Wildman–Crippen MR) is 70.7 cm³/mol. The fourth-order valence-corrected chi connectivity index (χ4v) is 2.64. The molecule has 2 N–H and O–H groups in total. The number of methoxy groups -OCH3 is 1. The van der Waals surface area contributed by atoms with E-state index < -0.39 is 0 Å². The Morgan fingerprint density at radius 3 is 2.78 bits per heavy atom. The van der Waals surface area contributed by atoms with Gasteiger partial charge in [-0.05, 0) is 30.5 Å². The second-order valence-corrected chi connectivity index (χ2v) is 4.95. The quantitative estimate of drug-likeness (QED) is 0.896. The van der Waals surface area contributed by atoms with E-state index in [1.165, 1.54) is 24.8 Å². The highest BCUT2D eigenvalue weighted by atomic mass is 16.5. The van der Waals surface area contributed by atoms with E-state index >= 15 is 0 Å². The van der Waals surface area contributed by atoms with Crippen LogP contribution in [0.1, 0.15) is 24.8 Å². The first kappa shape index (κ1) is 11.4. The van der Waals surface area contributed by atoms with Gasteiger partial charge in [0.2, 0.25) is 5.88 Å². The van der Waals surface area contributed by atoms with Crippen LogP contribution in [0.2, 0.25) is 0 Å². The van der Waals surface area contributed by atoms with Crippen molar-refractivity contribution >= 4 is 11.0 Å². The molecule has 1 aliphatic carbocycles. The van der Waals surface area contributed by atoms with Crippen molar-refractivity contribution in [3.05, 3.63) is 30.0 Å². The SMILES string of the molecule is COc1cnc2cc(C3(CN)CCC3)ccc2n1. The minimum absolute atomic E-state index is 0.176. The van der Waals surface area contributed by atoms with Crippen LogP contribution < -0.4 is 10.5 Å². The molecule has 0 radical (unpaired) electrons. The fourth-order valence-electron chi connectivity index (χ4n) is 2.64. The summed E-state index contributed by atoms with van der Waals surface area (Å²) < 4.78 is 5.08. The van der Waals surface area contributed by atoms with E-state index in [1.54, 1.807) is 13.3 Å². The van der Waals surface area contributed by atoms with Gasteiger partial charge >= 0.3 is 0 Å². The van der Waals surface area contributed by atoms with Crippen molar-refractivity contribution < 1.29 is 4.74 Å². The summed E-state index contributed by atoms with van der Waals surface area (Å²) >= 11 is 0. The van der Waals surface area contributed by atoms with Crippen molar-refractivity contribution in [1.29, 1.82) is 0 Å². The Morgan fingerprint density at radius 1 is 1.33 bits per heavy atom. The lowest BCUT2D eigenvalue weighted by Crippen LogP contribution is -2.41. The van der Waals surface area contributed by atoms with Gasteiger partial charge in [0, 0.05) is 12.0 Å². The maximum atomic E-state index is 5.93. The van der Waals surface area contributed by atoms with Crippen LogP contribution in [0.3, 0.4) is 0 Å². The largest absolute Gasteiger partial charge is 0.480 e. The molecule has 18 heavy (non-hydrogen) atoms. The average molecular weight is 243 g/mol. The molecule has 0 unspecified atom stereocenters. The Hall–Kier alpha value is -1.68. The molecular weight excluding hydrogens is 226 g/mol. The number of fused-ring (bicyclic) bond motifs is 1. The number of rotatable bonds is 3. The normalized spacial score (nSPS) is 17.4. The zero-order valence-corrected chi connectivity index (χ0v) is 10.5. The van der Waals surface area contributed by atoms with Gasteiger partial charge in [0.15, 0.2) is 0 Å². The second kappa shape index (κ2) is 4.21. The van der Waals surface area contributed by atoms with Gasteiger partial charge in [-0.1, -0.05) is 12.5 Å². The minimum atomic E-state index is 0.176. The van der Waals surface area contributed by atoms with Crippen LogP contribution in [0.25, 0.3) is 11.0 Å². The van der Waals surface area contributed by atoms with Gasteiger partial charge in [0.05, 0.1) is 24.3 Å². The van der Waals surface area contributed by atoms with Gasteiger partial charge < -0.3 is 10.5 Å². The highest BCUT2D eigenvalue weighted by Crippen LogP contribution is 2.43. The van der Waals surface area contributed by atoms with Crippen molar-refractivity contribution in [3.8, 4) is 5.88 Å². The summed E-state index contributed by atoms with van der Waals surface area (Å²) in [5.41, 5.74) is 9.18. The maximum Gasteiger partial charge on any atom is 0.232 e. The average Bonchev–Trinajstić information content (AvgIpc) is 2.37. The molecule has 3 rings (SSSR count). The second-order valence-electron chi connectivity index (χ2n) is 4.95. The molecule has 0 spiro atoms. The molecule has 94 valence electrons. The van der Waals surface area contributed by atoms with E-state index in [0.717, 1.165) is 11.0 Å². The van der Waals surface area contributed by atoms with Gasteiger partial charge in [-0.2, -0.15) is 0 Å². The van der Waals surface area contributed by atoms with E-state index in [1.807, 2.05) is 6.07 Å². The summed E-state index contributed by atoms with van der Waals surface area (Å²) in [5.74, 6) is 0.549. The van der Waals surface area contributed by atoms with E-state index in [2.05, 4.69) is 22.1 Å². The van der Waals surface area contributed by atoms with E-state index in [0.29, 0.717) is 12.4 Å². The molecule has 1 fully saturated rings. The number of aromatic nitrogens is 2. The van der Waals surface area contributed by atoms with Gasteiger partial charge in [-0.25, -0.2) is 9.97 Å². The van der Waals surface area contributed by atoms with Crippen LogP contribution in [0.5, 0.6) is 5.88 Å². The van der Waals surface area contributed by atoms with Crippen LogP contribution >= 0.6 is 0 Å². The molecule has 0 aliphatic heterocycles. The molecule has 4 nitrogen and oxygen atoms in total. The highest BCUT2D eigenvalue weighted by molar-refractivity contribution is 5.75. The lowest BCUT2D eigenvalue weighted by atomic mass is 9.64. The summed E-state index contributed by atoms with van der Waals surface area (Å²) in [7, 11) is 1.60. The first-order valence-corrected chi connectivity index (χ1v) is 6.29. The van der Waals surface area contributed by atoms with E-state index in [-0.39, 0.29) is 5.41 Å². The fraction of sp³-hybridized carbons (Fsp3) is 0.429. The van der Waals surface area contributed by atoms with Crippen molar-refractivity contribution in [2.24, 2.45) is 5.73 Å². The Morgan fingerprint density at radius 2 is 2.17 bits per heavy atom. The number of benzene rings is 1. The monoisotopic (exact) mass is 243 g/mol. The predicted octanol–water partition coefficient (Wildman–Crippen LogP) is 2.02. The van der Waals surface area contributed by atoms with E-state index in [9.17, 15) is 0 Å². The third kappa shape index (κ3) is 1.64. The van der Waals surface area contributed by atoms with Crippen LogP contribution in [0.4, 0.5) is 0 Å². The first-order chi connectivity index (χ1) is 8.77. The Bertz CT molecular complexity index is 573. The minimum Gasteiger partial charge on any atom is -0.480 e. The van der Waals surface area contributed by atoms with Gasteiger partial charge in [-0.15, -0.1) is 0 Å². The van der Waals surface area contributed by atoms with Crippen LogP contribution in [-0.2, 0) is 5.41 Å². The summed E-state index contributed by atoms with van der Waals surface area (Å²) in [4.78, 5) is 8.76. The molecule has 1 aliphatic rings. The number of hydrogen-bond donors (Lipinski definition) is 1. The molecule has 0 saturated heterocycles. The number of hydrogen-bond acceptors (Lipinski definition) is 4. The van der Waals surface area contributed by atoms with Gasteiger partial charge in [0.25, 0.3) is 0 Å². The van der Waals surface area contributed by atoms with Crippen LogP contribution in [0, 0.1) is 0 Å². The number of nitrogens with two attached hydrogens (primary N) is 1. The van der Waals surface area contributed by atoms with Gasteiger partial charge in [0.1, 0.15) is 0 Å². The Balaban J connectivity index is 2.06. The molecule has 1 aromatic heterocycles. The Kier molecular flexibility index (Phi) is 2.67. The van der Waals surface area contributed by atoms with Crippen LogP contribution in [-0.4, -0.2) is 23.6 Å². The zero-order chi connectivity index (χ0) is 12.6. The summed E-state index contributed by atoms with van der Waals surface area (Å²) in [5, 5.41) is 0. The molecule has 1 saturated carbocycles. The molecule has 1 heterocycles. The molecule has 0 atom stereocenters. The molecule has 0 bridgehead atoms. The smallest absolute Gasteiger partial charge is 0.232 e. The van der Waals surface area contributed by atoms with Crippen molar-refractivity contribution in [3.63, 3.8) is 0 Å². The summed E-state index contributed by atoms with van der Waals surface area (Å²) in [6.45, 7) is 0.710. The van der Waals surface area contributed by atoms with E-state index in [4.69, 9.17) is 10.5 Å². The number of ether oxygens (including phenoxy) is 1. The Labute approximate surface area is 106 Å². The molecule has 2 aromatic rings. The molecule has 1 aromatic carbocycles. The van der Waals surface area contributed by atoms with Crippen molar-refractivity contribution in [1.82, 2.24) is 9.97 Å². The maximum absolute atomic E-state index is 5.93. The lowest BCUT2D eigenvalue weighted by Gasteiger charge is -2.41. The highest BCUT2D eigenvalue weighted by Gasteiger charge is 2.37. The van der Waals surface area contributed by atoms with Crippen LogP contribution in [0.15, 0.2) is 24.4 Å². The standard InChI is InChI=1S/C14H17N3O/c1-18-13-8-16-12-7-10(3-4-11(12)17-13)14(9-15)5-2-6-14/h3-4,7-8H,2,5-6,9,15H2,1H3. The molecule has 4 heteroatoms. The summed E-state index contributed by atoms with van der Waals surface area (Å²) in [6.07, 6.45) is 5.28. The lowest BCUT2D eigenvalue weighted by molar-refractivity contribution is 0.253. The third-order valence-corrected chi connectivity index (χ3v) is 4.04. The van der Waals surface area contributed by atoms with Crippen molar-refractivity contribution in [2.45, 2.75) is 24.7 Å². The zero-order valence-electron chi connectivity index (χ0n) is 10.5.